The number of carbonyl (C=O) groups is 1. The van der Waals surface area contributed by atoms with Gasteiger partial charge in [0.2, 0.25) is 5.91 Å². The van der Waals surface area contributed by atoms with Crippen LogP contribution in [0.1, 0.15) is 11.1 Å². The van der Waals surface area contributed by atoms with Crippen molar-refractivity contribution in [3.8, 4) is 11.4 Å². The zero-order valence-corrected chi connectivity index (χ0v) is 17.5. The Labute approximate surface area is 181 Å². The lowest BCUT2D eigenvalue weighted by atomic mass is 10.1. The Bertz CT molecular complexity index is 1060. The molecular formula is C24H26FN4O2+. The van der Waals surface area contributed by atoms with Crippen molar-refractivity contribution in [1.29, 1.82) is 0 Å². The van der Waals surface area contributed by atoms with E-state index in [2.05, 4.69) is 5.10 Å². The fourth-order valence-corrected chi connectivity index (χ4v) is 3.79. The zero-order chi connectivity index (χ0) is 21.6. The highest BCUT2D eigenvalue weighted by Crippen LogP contribution is 2.18. The number of ether oxygens (including phenoxy) is 1. The number of hydrogen-bond acceptors (Lipinski definition) is 3. The van der Waals surface area contributed by atoms with Gasteiger partial charge in [-0.15, -0.1) is 0 Å². The number of carbonyl (C=O) groups excluding carboxylic acids is 1. The van der Waals surface area contributed by atoms with Gasteiger partial charge in [0.15, 0.2) is 0 Å². The van der Waals surface area contributed by atoms with Crippen LogP contribution in [0.5, 0.6) is 5.75 Å². The summed E-state index contributed by atoms with van der Waals surface area (Å²) in [4.78, 5) is 15.7. The van der Waals surface area contributed by atoms with E-state index < -0.39 is 0 Å². The van der Waals surface area contributed by atoms with Gasteiger partial charge in [0, 0.05) is 17.8 Å². The molecule has 7 heteroatoms. The lowest BCUT2D eigenvalue weighted by Gasteiger charge is -2.31. The number of nitrogens with one attached hydrogen (secondary N) is 1. The van der Waals surface area contributed by atoms with E-state index in [4.69, 9.17) is 4.74 Å². The topological polar surface area (TPSA) is 51.8 Å². The van der Waals surface area contributed by atoms with Crippen molar-refractivity contribution in [1.82, 2.24) is 14.7 Å². The van der Waals surface area contributed by atoms with Gasteiger partial charge in [0.1, 0.15) is 18.1 Å². The molecule has 1 aliphatic rings. The van der Waals surface area contributed by atoms with E-state index in [1.165, 1.54) is 17.0 Å². The second-order valence-electron chi connectivity index (χ2n) is 7.60. The molecule has 0 spiro atoms. The van der Waals surface area contributed by atoms with Gasteiger partial charge in [-0.25, -0.2) is 9.07 Å². The third-order valence-corrected chi connectivity index (χ3v) is 5.51. The van der Waals surface area contributed by atoms with E-state index >= 15 is 0 Å². The van der Waals surface area contributed by atoms with Gasteiger partial charge < -0.3 is 14.5 Å². The fourth-order valence-electron chi connectivity index (χ4n) is 3.79. The summed E-state index contributed by atoms with van der Waals surface area (Å²) in [6.07, 6.45) is 7.04. The normalized spacial score (nSPS) is 14.8. The second-order valence-corrected chi connectivity index (χ2v) is 7.60. The van der Waals surface area contributed by atoms with Crippen LogP contribution in [0.15, 0.2) is 67.0 Å². The molecule has 1 saturated heterocycles. The third-order valence-electron chi connectivity index (χ3n) is 5.51. The molecule has 1 fully saturated rings. The first-order valence-corrected chi connectivity index (χ1v) is 10.4. The molecule has 160 valence electrons. The number of piperazine rings is 1. The number of nitrogens with zero attached hydrogens (tertiary/aromatic N) is 3. The number of hydrogen-bond donors (Lipinski definition) is 1. The SMILES string of the molecule is COc1ccc(F)cc1C[NH+]1CCN(C(=O)/C=C/c2cnn(-c3ccccc3)c2)CC1. The smallest absolute Gasteiger partial charge is 0.246 e. The highest BCUT2D eigenvalue weighted by Gasteiger charge is 2.23. The van der Waals surface area contributed by atoms with Gasteiger partial charge in [-0.05, 0) is 36.4 Å². The molecule has 1 amide bonds. The van der Waals surface area contributed by atoms with E-state index in [-0.39, 0.29) is 11.7 Å². The van der Waals surface area contributed by atoms with Crippen molar-refractivity contribution in [2.24, 2.45) is 0 Å². The molecule has 0 unspecified atom stereocenters. The predicted octanol–water partition coefficient (Wildman–Crippen LogP) is 1.96. The molecule has 6 nitrogen and oxygen atoms in total. The molecule has 2 aromatic carbocycles. The maximum Gasteiger partial charge on any atom is 0.246 e. The number of quaternary nitrogens is 1. The molecule has 1 N–H and O–H groups in total. The molecule has 3 aromatic rings. The zero-order valence-electron chi connectivity index (χ0n) is 17.5. The number of halogens is 1. The Balaban J connectivity index is 1.31. The molecule has 4 rings (SSSR count). The van der Waals surface area contributed by atoms with E-state index in [1.807, 2.05) is 41.4 Å². The van der Waals surface area contributed by atoms with E-state index in [1.54, 1.807) is 36.2 Å². The largest absolute Gasteiger partial charge is 0.496 e. The van der Waals surface area contributed by atoms with Crippen LogP contribution in [0.3, 0.4) is 0 Å². The van der Waals surface area contributed by atoms with Gasteiger partial charge in [0.25, 0.3) is 0 Å². The van der Waals surface area contributed by atoms with Gasteiger partial charge in [-0.1, -0.05) is 18.2 Å². The minimum Gasteiger partial charge on any atom is -0.496 e. The number of benzene rings is 2. The van der Waals surface area contributed by atoms with E-state index in [0.717, 1.165) is 29.9 Å². The lowest BCUT2D eigenvalue weighted by molar-refractivity contribution is -0.917. The van der Waals surface area contributed by atoms with Gasteiger partial charge in [0.05, 0.1) is 50.7 Å². The lowest BCUT2D eigenvalue weighted by Crippen LogP contribution is -3.13. The minimum absolute atomic E-state index is 0.00477. The maximum atomic E-state index is 13.6. The minimum atomic E-state index is -0.260. The Hall–Kier alpha value is -3.45. The Morgan fingerprint density at radius 1 is 1.19 bits per heavy atom. The number of aromatic nitrogens is 2. The fraction of sp³-hybridized carbons (Fsp3) is 0.250. The summed E-state index contributed by atoms with van der Waals surface area (Å²) in [7, 11) is 1.60. The number of rotatable bonds is 6. The van der Waals surface area contributed by atoms with Gasteiger partial charge in [-0.2, -0.15) is 5.10 Å². The van der Waals surface area contributed by atoms with Crippen LogP contribution >= 0.6 is 0 Å². The van der Waals surface area contributed by atoms with Crippen LogP contribution in [0.25, 0.3) is 11.8 Å². The first-order chi connectivity index (χ1) is 15.1. The molecule has 0 aliphatic carbocycles. The second kappa shape index (κ2) is 9.57. The van der Waals surface area contributed by atoms with Crippen LogP contribution in [-0.2, 0) is 11.3 Å². The van der Waals surface area contributed by atoms with E-state index in [0.29, 0.717) is 25.4 Å². The molecular weight excluding hydrogens is 395 g/mol. The van der Waals surface area contributed by atoms with Crippen molar-refractivity contribution in [2.45, 2.75) is 6.54 Å². The quantitative estimate of drug-likeness (QED) is 0.619. The average molecular weight is 421 g/mol. The molecule has 0 atom stereocenters. The van der Waals surface area contributed by atoms with Crippen molar-refractivity contribution >= 4 is 12.0 Å². The maximum absolute atomic E-state index is 13.6. The van der Waals surface area contributed by atoms with Crippen molar-refractivity contribution in [3.05, 3.63) is 83.9 Å². The first kappa shape index (κ1) is 20.8. The first-order valence-electron chi connectivity index (χ1n) is 10.4. The Morgan fingerprint density at radius 3 is 2.71 bits per heavy atom. The monoisotopic (exact) mass is 421 g/mol. The number of amides is 1. The molecule has 0 saturated carbocycles. The highest BCUT2D eigenvalue weighted by atomic mass is 19.1. The summed E-state index contributed by atoms with van der Waals surface area (Å²) in [5.74, 6) is 0.436. The van der Waals surface area contributed by atoms with Crippen molar-refractivity contribution < 1.29 is 18.8 Å². The van der Waals surface area contributed by atoms with Gasteiger partial charge in [-0.3, -0.25) is 4.79 Å². The van der Waals surface area contributed by atoms with Crippen LogP contribution in [0.2, 0.25) is 0 Å². The molecule has 1 aliphatic heterocycles. The van der Waals surface area contributed by atoms with Crippen LogP contribution in [0, 0.1) is 5.82 Å². The predicted molar refractivity (Wildman–Crippen MR) is 117 cm³/mol. The molecule has 1 aromatic heterocycles. The standard InChI is InChI=1S/C24H25FN4O2/c1-31-23-9-8-21(25)15-20(23)18-27-11-13-28(14-12-27)24(30)10-7-19-16-26-29(17-19)22-5-3-2-4-6-22/h2-10,15-17H,11-14,18H2,1H3/p+1/b10-7+. The summed E-state index contributed by atoms with van der Waals surface area (Å²) in [6.45, 7) is 3.63. The Morgan fingerprint density at radius 2 is 1.97 bits per heavy atom. The van der Waals surface area contributed by atoms with Gasteiger partial charge >= 0.3 is 0 Å². The molecule has 0 bridgehead atoms. The summed E-state index contributed by atoms with van der Waals surface area (Å²) >= 11 is 0. The van der Waals surface area contributed by atoms with Crippen molar-refractivity contribution in [2.75, 3.05) is 33.3 Å². The number of para-hydroxylation sites is 1. The molecule has 2 heterocycles. The van der Waals surface area contributed by atoms with Crippen LogP contribution in [0.4, 0.5) is 4.39 Å². The molecule has 0 radical (unpaired) electrons. The van der Waals surface area contributed by atoms with Crippen molar-refractivity contribution in [3.63, 3.8) is 0 Å². The molecule has 31 heavy (non-hydrogen) atoms. The summed E-state index contributed by atoms with van der Waals surface area (Å²) in [5, 5.41) is 4.35. The number of methoxy groups -OCH3 is 1. The summed E-state index contributed by atoms with van der Waals surface area (Å²) in [6, 6.07) is 14.4. The summed E-state index contributed by atoms with van der Waals surface area (Å²) in [5.41, 5.74) is 2.70. The Kier molecular flexibility index (Phi) is 6.43. The average Bonchev–Trinajstić information content (AvgIpc) is 3.28. The highest BCUT2D eigenvalue weighted by molar-refractivity contribution is 5.91. The van der Waals surface area contributed by atoms with Crippen LogP contribution < -0.4 is 9.64 Å². The third kappa shape index (κ3) is 5.19. The van der Waals surface area contributed by atoms with Crippen LogP contribution in [-0.4, -0.2) is 53.9 Å². The van der Waals surface area contributed by atoms with E-state index in [9.17, 15) is 9.18 Å². The summed E-state index contributed by atoms with van der Waals surface area (Å²) < 4.78 is 20.7.